The van der Waals surface area contributed by atoms with Crippen LogP contribution in [-0.2, 0) is 6.18 Å². The van der Waals surface area contributed by atoms with E-state index in [4.69, 9.17) is 0 Å². The molecule has 0 amide bonds. The number of halogens is 4. The molecule has 1 N–H and O–H groups in total. The third-order valence-corrected chi connectivity index (χ3v) is 3.00. The van der Waals surface area contributed by atoms with Gasteiger partial charge in [-0.1, -0.05) is 26.3 Å². The summed E-state index contributed by atoms with van der Waals surface area (Å²) >= 11 is 0. The molecule has 0 spiro atoms. The molecule has 1 nitrogen and oxygen atoms in total. The van der Waals surface area contributed by atoms with Crippen molar-refractivity contribution >= 4 is 0 Å². The normalized spacial score (nSPS) is 15.5. The van der Waals surface area contributed by atoms with Crippen LogP contribution in [-0.4, -0.2) is 5.11 Å². The van der Waals surface area contributed by atoms with E-state index in [-0.39, 0.29) is 17.9 Å². The monoisotopic (exact) mass is 264 g/mol. The maximum atomic E-state index is 12.9. The number of rotatable bonds is 4. The van der Waals surface area contributed by atoms with Crippen molar-refractivity contribution in [3.8, 4) is 0 Å². The van der Waals surface area contributed by atoms with Crippen molar-refractivity contribution in [2.24, 2.45) is 5.92 Å². The quantitative estimate of drug-likeness (QED) is 0.803. The van der Waals surface area contributed by atoms with E-state index in [1.807, 2.05) is 13.8 Å². The van der Waals surface area contributed by atoms with Crippen LogP contribution in [0.15, 0.2) is 18.2 Å². The van der Waals surface area contributed by atoms with Crippen molar-refractivity contribution in [1.29, 1.82) is 0 Å². The summed E-state index contributed by atoms with van der Waals surface area (Å²) in [6.45, 7) is 3.74. The second-order valence-electron chi connectivity index (χ2n) is 4.49. The summed E-state index contributed by atoms with van der Waals surface area (Å²) in [5.41, 5.74) is -1.36. The fourth-order valence-electron chi connectivity index (χ4n) is 1.74. The zero-order valence-electron chi connectivity index (χ0n) is 10.3. The first kappa shape index (κ1) is 15.0. The molecule has 0 aromatic heterocycles. The summed E-state index contributed by atoms with van der Waals surface area (Å²) < 4.78 is 51.1. The average Bonchev–Trinajstić information content (AvgIpc) is 2.27. The Morgan fingerprint density at radius 3 is 2.39 bits per heavy atom. The first-order chi connectivity index (χ1) is 8.25. The van der Waals surface area contributed by atoms with Crippen LogP contribution >= 0.6 is 0 Å². The van der Waals surface area contributed by atoms with Crippen molar-refractivity contribution in [3.05, 3.63) is 35.1 Å². The van der Waals surface area contributed by atoms with E-state index < -0.39 is 23.7 Å². The Balaban J connectivity index is 3.08. The molecule has 0 radical (unpaired) electrons. The summed E-state index contributed by atoms with van der Waals surface area (Å²) in [6.07, 6.45) is -4.89. The Bertz CT molecular complexity index is 400. The maximum absolute atomic E-state index is 12.9. The molecule has 1 rings (SSSR count). The van der Waals surface area contributed by atoms with E-state index >= 15 is 0 Å². The highest BCUT2D eigenvalue weighted by Gasteiger charge is 2.35. The van der Waals surface area contributed by atoms with Crippen molar-refractivity contribution in [1.82, 2.24) is 0 Å². The van der Waals surface area contributed by atoms with Gasteiger partial charge in [0.15, 0.2) is 0 Å². The molecule has 0 fully saturated rings. The molecule has 18 heavy (non-hydrogen) atoms. The van der Waals surface area contributed by atoms with Crippen LogP contribution in [0.2, 0.25) is 0 Å². The molecule has 102 valence electrons. The van der Waals surface area contributed by atoms with Gasteiger partial charge in [-0.2, -0.15) is 13.2 Å². The first-order valence-electron chi connectivity index (χ1n) is 5.80. The molecule has 0 saturated heterocycles. The van der Waals surface area contributed by atoms with Gasteiger partial charge in [0.05, 0.1) is 11.7 Å². The predicted octanol–water partition coefficient (Wildman–Crippen LogP) is 4.31. The minimum atomic E-state index is -4.66. The highest BCUT2D eigenvalue weighted by atomic mass is 19.4. The SMILES string of the molecule is CCC(C)CC(O)c1ccc(F)cc1C(F)(F)F. The van der Waals surface area contributed by atoms with Crippen LogP contribution in [0.25, 0.3) is 0 Å². The van der Waals surface area contributed by atoms with Gasteiger partial charge in [-0.05, 0) is 30.0 Å². The van der Waals surface area contributed by atoms with E-state index in [1.165, 1.54) is 0 Å². The molecule has 0 aliphatic heterocycles. The smallest absolute Gasteiger partial charge is 0.388 e. The number of hydrogen-bond donors (Lipinski definition) is 1. The Morgan fingerprint density at radius 2 is 1.89 bits per heavy atom. The lowest BCUT2D eigenvalue weighted by Gasteiger charge is -2.20. The number of hydrogen-bond acceptors (Lipinski definition) is 1. The van der Waals surface area contributed by atoms with Gasteiger partial charge >= 0.3 is 6.18 Å². The second kappa shape index (κ2) is 5.69. The van der Waals surface area contributed by atoms with Crippen LogP contribution in [0.1, 0.15) is 43.9 Å². The minimum absolute atomic E-state index is 0.103. The Kier molecular flexibility index (Phi) is 4.73. The van der Waals surface area contributed by atoms with Gasteiger partial charge in [-0.15, -0.1) is 0 Å². The lowest BCUT2D eigenvalue weighted by molar-refractivity contribution is -0.139. The molecule has 0 bridgehead atoms. The highest BCUT2D eigenvalue weighted by molar-refractivity contribution is 5.32. The van der Waals surface area contributed by atoms with Crippen LogP contribution < -0.4 is 0 Å². The van der Waals surface area contributed by atoms with Gasteiger partial charge in [0, 0.05) is 0 Å². The molecule has 0 aliphatic carbocycles. The van der Waals surface area contributed by atoms with E-state index in [0.29, 0.717) is 6.07 Å². The Morgan fingerprint density at radius 1 is 1.28 bits per heavy atom. The molecular weight excluding hydrogens is 248 g/mol. The Labute approximate surface area is 103 Å². The summed E-state index contributed by atoms with van der Waals surface area (Å²) in [5, 5.41) is 9.83. The molecular formula is C13H16F4O. The van der Waals surface area contributed by atoms with Crippen LogP contribution in [0.5, 0.6) is 0 Å². The van der Waals surface area contributed by atoms with Crippen molar-refractivity contribution in [2.45, 2.75) is 39.0 Å². The van der Waals surface area contributed by atoms with Crippen LogP contribution in [0.4, 0.5) is 17.6 Å². The fourth-order valence-corrected chi connectivity index (χ4v) is 1.74. The van der Waals surface area contributed by atoms with Crippen LogP contribution in [0.3, 0.4) is 0 Å². The molecule has 1 aromatic rings. The second-order valence-corrected chi connectivity index (χ2v) is 4.49. The molecule has 1 aromatic carbocycles. The molecule has 0 aliphatic rings. The number of aliphatic hydroxyl groups excluding tert-OH is 1. The maximum Gasteiger partial charge on any atom is 0.416 e. The van der Waals surface area contributed by atoms with E-state index in [0.717, 1.165) is 18.6 Å². The molecule has 5 heteroatoms. The molecule has 2 unspecified atom stereocenters. The number of alkyl halides is 3. The lowest BCUT2D eigenvalue weighted by atomic mass is 9.93. The lowest BCUT2D eigenvalue weighted by Crippen LogP contribution is -2.14. The minimum Gasteiger partial charge on any atom is -0.388 e. The van der Waals surface area contributed by atoms with E-state index in [9.17, 15) is 22.7 Å². The molecule has 2 atom stereocenters. The summed E-state index contributed by atoms with van der Waals surface area (Å²) in [4.78, 5) is 0. The van der Waals surface area contributed by atoms with Crippen molar-refractivity contribution in [3.63, 3.8) is 0 Å². The third kappa shape index (κ3) is 3.70. The van der Waals surface area contributed by atoms with Crippen molar-refractivity contribution in [2.75, 3.05) is 0 Å². The largest absolute Gasteiger partial charge is 0.416 e. The summed E-state index contributed by atoms with van der Waals surface area (Å²) in [5.74, 6) is -0.854. The number of aliphatic hydroxyl groups is 1. The van der Waals surface area contributed by atoms with Gasteiger partial charge in [0.1, 0.15) is 5.82 Å². The van der Waals surface area contributed by atoms with Gasteiger partial charge in [0.25, 0.3) is 0 Å². The zero-order chi connectivity index (χ0) is 13.9. The average molecular weight is 264 g/mol. The van der Waals surface area contributed by atoms with Gasteiger partial charge < -0.3 is 5.11 Å². The Hall–Kier alpha value is -1.10. The number of benzene rings is 1. The van der Waals surface area contributed by atoms with Crippen LogP contribution in [0, 0.1) is 11.7 Å². The highest BCUT2D eigenvalue weighted by Crippen LogP contribution is 2.36. The zero-order valence-corrected chi connectivity index (χ0v) is 10.3. The molecule has 0 saturated carbocycles. The van der Waals surface area contributed by atoms with Gasteiger partial charge in [-0.3, -0.25) is 0 Å². The first-order valence-corrected chi connectivity index (χ1v) is 5.80. The van der Waals surface area contributed by atoms with E-state index in [1.54, 1.807) is 0 Å². The summed E-state index contributed by atoms with van der Waals surface area (Å²) in [7, 11) is 0. The standard InChI is InChI=1S/C13H16F4O/c1-3-8(2)6-12(18)10-5-4-9(14)7-11(10)13(15,16)17/h4-5,7-8,12,18H,3,6H2,1-2H3. The van der Waals surface area contributed by atoms with Gasteiger partial charge in [-0.25, -0.2) is 4.39 Å². The third-order valence-electron chi connectivity index (χ3n) is 3.00. The van der Waals surface area contributed by atoms with E-state index in [2.05, 4.69) is 0 Å². The fraction of sp³-hybridized carbons (Fsp3) is 0.538. The summed E-state index contributed by atoms with van der Waals surface area (Å²) in [6, 6.07) is 2.37. The predicted molar refractivity (Wildman–Crippen MR) is 60.4 cm³/mol. The topological polar surface area (TPSA) is 20.2 Å². The molecule has 0 heterocycles. The van der Waals surface area contributed by atoms with Crippen molar-refractivity contribution < 1.29 is 22.7 Å². The van der Waals surface area contributed by atoms with Gasteiger partial charge in [0.2, 0.25) is 0 Å².